The number of ether oxygens (including phenoxy) is 1. The summed E-state index contributed by atoms with van der Waals surface area (Å²) >= 11 is 17.8. The molecule has 30 heavy (non-hydrogen) atoms. The lowest BCUT2D eigenvalue weighted by atomic mass is 10.1. The Morgan fingerprint density at radius 1 is 1.20 bits per heavy atom. The Kier molecular flexibility index (Phi) is 6.81. The fraction of sp³-hybridized carbons (Fsp3) is 0.227. The summed E-state index contributed by atoms with van der Waals surface area (Å²) in [5.41, 5.74) is 1.72. The Labute approximate surface area is 190 Å². The van der Waals surface area contributed by atoms with E-state index in [4.69, 9.17) is 40.2 Å². The van der Waals surface area contributed by atoms with E-state index in [0.29, 0.717) is 32.6 Å². The maximum atomic E-state index is 13.2. The highest BCUT2D eigenvalue weighted by Crippen LogP contribution is 2.31. The summed E-state index contributed by atoms with van der Waals surface area (Å²) in [6, 6.07) is 10.3. The van der Waals surface area contributed by atoms with Gasteiger partial charge in [0.2, 0.25) is 0 Å². The van der Waals surface area contributed by atoms with Crippen molar-refractivity contribution >= 4 is 64.1 Å². The van der Waals surface area contributed by atoms with Crippen LogP contribution in [0.4, 0.5) is 5.69 Å². The van der Waals surface area contributed by atoms with E-state index in [-0.39, 0.29) is 16.8 Å². The molecule has 1 aliphatic heterocycles. The summed E-state index contributed by atoms with van der Waals surface area (Å²) < 4.78 is 5.76. The lowest BCUT2D eigenvalue weighted by molar-refractivity contribution is -0.122. The van der Waals surface area contributed by atoms with Gasteiger partial charge >= 0.3 is 0 Å². The van der Waals surface area contributed by atoms with Gasteiger partial charge in [-0.25, -0.2) is 0 Å². The molecule has 0 unspecified atom stereocenters. The van der Waals surface area contributed by atoms with E-state index in [0.717, 1.165) is 6.42 Å². The van der Waals surface area contributed by atoms with Crippen molar-refractivity contribution in [2.24, 2.45) is 0 Å². The summed E-state index contributed by atoms with van der Waals surface area (Å²) in [4.78, 5) is 26.9. The molecule has 0 radical (unpaired) electrons. The van der Waals surface area contributed by atoms with E-state index in [9.17, 15) is 9.59 Å². The van der Waals surface area contributed by atoms with E-state index in [2.05, 4.69) is 5.32 Å². The molecule has 0 aromatic heterocycles. The van der Waals surface area contributed by atoms with Crippen molar-refractivity contribution in [2.75, 3.05) is 4.90 Å². The molecule has 1 aliphatic rings. The standard InChI is InChI=1S/C22H20Cl2N2O3S/c1-4-12(2)29-19-9-8-14(11-17(19)24)10-15-20(27)25-22(30)26(21(15)28)18-7-5-6-16(23)13(18)3/h5-12H,4H2,1-3H3,(H,25,27,30)/b15-10+/t12-/m1/s1. The minimum Gasteiger partial charge on any atom is -0.489 e. The van der Waals surface area contributed by atoms with Crippen molar-refractivity contribution < 1.29 is 14.3 Å². The number of rotatable bonds is 5. The highest BCUT2D eigenvalue weighted by atomic mass is 35.5. The average Bonchev–Trinajstić information content (AvgIpc) is 2.70. The zero-order chi connectivity index (χ0) is 22.0. The van der Waals surface area contributed by atoms with Gasteiger partial charge in [-0.3, -0.25) is 19.8 Å². The highest BCUT2D eigenvalue weighted by molar-refractivity contribution is 7.80. The van der Waals surface area contributed by atoms with Crippen molar-refractivity contribution in [3.05, 3.63) is 63.1 Å². The van der Waals surface area contributed by atoms with Gasteiger partial charge in [-0.1, -0.05) is 42.3 Å². The summed E-state index contributed by atoms with van der Waals surface area (Å²) in [6.45, 7) is 5.75. The van der Waals surface area contributed by atoms with Crippen LogP contribution in [-0.2, 0) is 9.59 Å². The largest absolute Gasteiger partial charge is 0.489 e. The first-order chi connectivity index (χ1) is 14.2. The van der Waals surface area contributed by atoms with Crippen molar-refractivity contribution in [1.82, 2.24) is 5.32 Å². The van der Waals surface area contributed by atoms with Crippen molar-refractivity contribution in [2.45, 2.75) is 33.3 Å². The Balaban J connectivity index is 1.97. The molecule has 2 aromatic carbocycles. The van der Waals surface area contributed by atoms with Gasteiger partial charge in [-0.15, -0.1) is 0 Å². The molecule has 5 nitrogen and oxygen atoms in total. The van der Waals surface area contributed by atoms with Gasteiger partial charge in [-0.2, -0.15) is 0 Å². The summed E-state index contributed by atoms with van der Waals surface area (Å²) in [5.74, 6) is -0.563. The smallest absolute Gasteiger partial charge is 0.270 e. The Morgan fingerprint density at radius 3 is 2.60 bits per heavy atom. The third kappa shape index (κ3) is 4.51. The number of carbonyl (C=O) groups is 2. The van der Waals surface area contributed by atoms with Crippen LogP contribution in [0.5, 0.6) is 5.75 Å². The lowest BCUT2D eigenvalue weighted by Crippen LogP contribution is -2.54. The average molecular weight is 463 g/mol. The first-order valence-corrected chi connectivity index (χ1v) is 10.5. The third-order valence-corrected chi connectivity index (χ3v) is 5.74. The fourth-order valence-corrected chi connectivity index (χ4v) is 3.56. The van der Waals surface area contributed by atoms with Gasteiger partial charge in [0, 0.05) is 5.02 Å². The van der Waals surface area contributed by atoms with Gasteiger partial charge in [0.1, 0.15) is 11.3 Å². The number of nitrogens with zero attached hydrogens (tertiary/aromatic N) is 1. The molecular weight excluding hydrogens is 443 g/mol. The van der Waals surface area contributed by atoms with E-state index in [1.54, 1.807) is 43.3 Å². The van der Waals surface area contributed by atoms with Crippen molar-refractivity contribution in [1.29, 1.82) is 0 Å². The van der Waals surface area contributed by atoms with Crippen LogP contribution in [0.2, 0.25) is 10.0 Å². The Bertz CT molecular complexity index is 1070. The molecule has 0 spiro atoms. The predicted octanol–water partition coefficient (Wildman–Crippen LogP) is 5.31. The van der Waals surface area contributed by atoms with Gasteiger partial charge in [0.25, 0.3) is 11.8 Å². The summed E-state index contributed by atoms with van der Waals surface area (Å²) in [7, 11) is 0. The van der Waals surface area contributed by atoms with Crippen LogP contribution in [-0.4, -0.2) is 23.0 Å². The molecule has 8 heteroatoms. The maximum Gasteiger partial charge on any atom is 0.270 e. The first-order valence-electron chi connectivity index (χ1n) is 9.35. The molecule has 1 saturated heterocycles. The molecule has 1 atom stereocenters. The molecule has 0 saturated carbocycles. The predicted molar refractivity (Wildman–Crippen MR) is 124 cm³/mol. The molecular formula is C22H20Cl2N2O3S. The van der Waals surface area contributed by atoms with E-state index in [1.165, 1.54) is 11.0 Å². The zero-order valence-electron chi connectivity index (χ0n) is 16.7. The van der Waals surface area contributed by atoms with Crippen molar-refractivity contribution in [3.8, 4) is 5.75 Å². The number of thiocarbonyl (C=S) groups is 1. The summed E-state index contributed by atoms with van der Waals surface area (Å²) in [5, 5.41) is 3.46. The third-order valence-electron chi connectivity index (χ3n) is 4.75. The van der Waals surface area contributed by atoms with Crippen LogP contribution in [0.1, 0.15) is 31.4 Å². The lowest BCUT2D eigenvalue weighted by Gasteiger charge is -2.30. The molecule has 0 bridgehead atoms. The molecule has 2 aromatic rings. The normalized spacial score (nSPS) is 16.6. The quantitative estimate of drug-likeness (QED) is 0.371. The fourth-order valence-electron chi connectivity index (χ4n) is 2.88. The number of carbonyl (C=O) groups excluding carboxylic acids is 2. The number of hydrogen-bond donors (Lipinski definition) is 1. The van der Waals surface area contributed by atoms with E-state index < -0.39 is 11.8 Å². The summed E-state index contributed by atoms with van der Waals surface area (Å²) in [6.07, 6.45) is 2.34. The maximum absolute atomic E-state index is 13.2. The second-order valence-corrected chi connectivity index (χ2v) is 8.07. The zero-order valence-corrected chi connectivity index (χ0v) is 19.0. The van der Waals surface area contributed by atoms with Crippen LogP contribution in [0, 0.1) is 6.92 Å². The SMILES string of the molecule is CC[C@@H](C)Oc1ccc(/C=C2\C(=O)NC(=S)N(c3cccc(Cl)c3C)C2=O)cc1Cl. The molecule has 2 amide bonds. The number of halogens is 2. The van der Waals surface area contributed by atoms with Gasteiger partial charge < -0.3 is 4.74 Å². The van der Waals surface area contributed by atoms with Crippen LogP contribution >= 0.6 is 35.4 Å². The van der Waals surface area contributed by atoms with E-state index >= 15 is 0 Å². The van der Waals surface area contributed by atoms with E-state index in [1.807, 2.05) is 13.8 Å². The molecule has 3 rings (SSSR count). The molecule has 156 valence electrons. The Morgan fingerprint density at radius 2 is 1.93 bits per heavy atom. The van der Waals surface area contributed by atoms with Crippen LogP contribution in [0.3, 0.4) is 0 Å². The second kappa shape index (κ2) is 9.16. The topological polar surface area (TPSA) is 58.6 Å². The minimum absolute atomic E-state index is 0.00264. The minimum atomic E-state index is -0.572. The highest BCUT2D eigenvalue weighted by Gasteiger charge is 2.35. The number of nitrogens with one attached hydrogen (secondary N) is 1. The van der Waals surface area contributed by atoms with Gasteiger partial charge in [0.15, 0.2) is 5.11 Å². The molecule has 1 fully saturated rings. The second-order valence-electron chi connectivity index (χ2n) is 6.87. The van der Waals surface area contributed by atoms with Gasteiger partial charge in [-0.05, 0) is 74.0 Å². The first kappa shape index (κ1) is 22.3. The van der Waals surface area contributed by atoms with Crippen LogP contribution in [0.25, 0.3) is 6.08 Å². The molecule has 1 heterocycles. The number of benzene rings is 2. The monoisotopic (exact) mass is 462 g/mol. The van der Waals surface area contributed by atoms with Crippen LogP contribution < -0.4 is 15.0 Å². The Hall–Kier alpha value is -2.41. The molecule has 0 aliphatic carbocycles. The van der Waals surface area contributed by atoms with Gasteiger partial charge in [0.05, 0.1) is 16.8 Å². The number of amides is 2. The number of anilines is 1. The number of hydrogen-bond acceptors (Lipinski definition) is 4. The molecule has 1 N–H and O–H groups in total. The van der Waals surface area contributed by atoms with Crippen molar-refractivity contribution in [3.63, 3.8) is 0 Å². The van der Waals surface area contributed by atoms with Crippen LogP contribution in [0.15, 0.2) is 42.0 Å².